The van der Waals surface area contributed by atoms with Gasteiger partial charge in [-0.15, -0.1) is 0 Å². The maximum absolute atomic E-state index is 11.6. The van der Waals surface area contributed by atoms with Gasteiger partial charge in [0, 0.05) is 0 Å². The first kappa shape index (κ1) is 33.0. The van der Waals surface area contributed by atoms with Gasteiger partial charge < -0.3 is 9.47 Å². The molecule has 0 saturated carbocycles. The van der Waals surface area contributed by atoms with Crippen LogP contribution in [0.4, 0.5) is 4.79 Å². The lowest BCUT2D eigenvalue weighted by Gasteiger charge is -2.06. The van der Waals surface area contributed by atoms with Crippen LogP contribution < -0.4 is 0 Å². The molecule has 0 radical (unpaired) electrons. The Balaban J connectivity index is 3.17. The highest BCUT2D eigenvalue weighted by Crippen LogP contribution is 2.13. The van der Waals surface area contributed by atoms with Crippen molar-refractivity contribution in [2.45, 2.75) is 168 Å². The molecule has 0 saturated heterocycles. The Kier molecular flexibility index (Phi) is 29.2. The molecule has 0 aliphatic rings. The quantitative estimate of drug-likeness (QED) is 0.0666. The fraction of sp³-hybridized carbons (Fsp3) is 0.903. The predicted octanol–water partition coefficient (Wildman–Crippen LogP) is 11.1. The van der Waals surface area contributed by atoms with Gasteiger partial charge in [0.1, 0.15) is 0 Å². The van der Waals surface area contributed by atoms with Gasteiger partial charge in [0.25, 0.3) is 0 Å². The Morgan fingerprint density at radius 1 is 0.441 bits per heavy atom. The normalized spacial score (nSPS) is 11.4. The lowest BCUT2D eigenvalue weighted by atomic mass is 10.0. The SMILES string of the molecule is CCCCC=CCCCCCCCCOC(=O)OCCCCCCCCCCCCCCCC. The van der Waals surface area contributed by atoms with Gasteiger partial charge in [-0.2, -0.15) is 0 Å². The largest absolute Gasteiger partial charge is 0.508 e. The summed E-state index contributed by atoms with van der Waals surface area (Å²) in [5, 5.41) is 0. The van der Waals surface area contributed by atoms with E-state index >= 15 is 0 Å². The number of hydrogen-bond donors (Lipinski definition) is 0. The van der Waals surface area contributed by atoms with Gasteiger partial charge in [-0.05, 0) is 32.1 Å². The van der Waals surface area contributed by atoms with Crippen LogP contribution in [0.15, 0.2) is 12.2 Å². The minimum atomic E-state index is -0.482. The molecule has 0 aromatic heterocycles. The molecule has 3 nitrogen and oxygen atoms in total. The van der Waals surface area contributed by atoms with E-state index in [-0.39, 0.29) is 0 Å². The average molecular weight is 481 g/mol. The van der Waals surface area contributed by atoms with E-state index in [2.05, 4.69) is 26.0 Å². The fourth-order valence-corrected chi connectivity index (χ4v) is 4.28. The summed E-state index contributed by atoms with van der Waals surface area (Å²) in [6.45, 7) is 5.52. The molecule has 0 spiro atoms. The second-order valence-corrected chi connectivity index (χ2v) is 10.1. The third-order valence-corrected chi connectivity index (χ3v) is 6.59. The van der Waals surface area contributed by atoms with E-state index in [0.717, 1.165) is 25.7 Å². The Labute approximate surface area is 213 Å². The zero-order chi connectivity index (χ0) is 24.8. The van der Waals surface area contributed by atoms with E-state index in [1.807, 2.05) is 0 Å². The van der Waals surface area contributed by atoms with Crippen LogP contribution in [0.25, 0.3) is 0 Å². The molecule has 3 heteroatoms. The van der Waals surface area contributed by atoms with E-state index in [1.54, 1.807) is 0 Å². The van der Waals surface area contributed by atoms with E-state index in [1.165, 1.54) is 128 Å². The second kappa shape index (κ2) is 30.0. The average Bonchev–Trinajstić information content (AvgIpc) is 2.84. The maximum Gasteiger partial charge on any atom is 0.508 e. The highest BCUT2D eigenvalue weighted by molar-refractivity contribution is 5.59. The standard InChI is InChI=1S/C31H60O3/c1-3-5-7-9-11-13-15-17-18-20-22-24-26-28-30-34-31(32)33-29-27-25-23-21-19-16-14-12-10-8-6-4-2/h10,12H,3-9,11,13-30H2,1-2H3. The van der Waals surface area contributed by atoms with Crippen LogP contribution >= 0.6 is 0 Å². The molecule has 0 N–H and O–H groups in total. The van der Waals surface area contributed by atoms with Crippen LogP contribution in [0.3, 0.4) is 0 Å². The maximum atomic E-state index is 11.6. The molecule has 0 aromatic rings. The molecule has 0 unspecified atom stereocenters. The summed E-state index contributed by atoms with van der Waals surface area (Å²) in [4.78, 5) is 11.6. The number of rotatable bonds is 27. The van der Waals surface area contributed by atoms with Crippen molar-refractivity contribution in [3.63, 3.8) is 0 Å². The highest BCUT2D eigenvalue weighted by Gasteiger charge is 2.03. The van der Waals surface area contributed by atoms with Crippen molar-refractivity contribution in [3.8, 4) is 0 Å². The summed E-state index contributed by atoms with van der Waals surface area (Å²) < 4.78 is 10.4. The molecule has 0 amide bonds. The van der Waals surface area contributed by atoms with Crippen LogP contribution in [-0.4, -0.2) is 19.4 Å². The first-order valence-electron chi connectivity index (χ1n) is 15.3. The molecule has 0 fully saturated rings. The Hall–Kier alpha value is -0.990. The van der Waals surface area contributed by atoms with Crippen LogP contribution in [0, 0.1) is 0 Å². The number of hydrogen-bond acceptors (Lipinski definition) is 3. The molecule has 0 atom stereocenters. The van der Waals surface area contributed by atoms with Crippen molar-refractivity contribution in [1.29, 1.82) is 0 Å². The predicted molar refractivity (Wildman–Crippen MR) is 149 cm³/mol. The summed E-state index contributed by atoms with van der Waals surface area (Å²) in [5.74, 6) is 0. The van der Waals surface area contributed by atoms with Gasteiger partial charge in [0.05, 0.1) is 13.2 Å². The van der Waals surface area contributed by atoms with Gasteiger partial charge in [-0.1, -0.05) is 148 Å². The lowest BCUT2D eigenvalue weighted by Crippen LogP contribution is -2.09. The van der Waals surface area contributed by atoms with Crippen molar-refractivity contribution in [2.75, 3.05) is 13.2 Å². The molecule has 0 heterocycles. The zero-order valence-electron chi connectivity index (χ0n) is 23.3. The number of allylic oxidation sites excluding steroid dienone is 2. The molecule has 34 heavy (non-hydrogen) atoms. The molecule has 0 aliphatic heterocycles. The number of carbonyl (C=O) groups excluding carboxylic acids is 1. The number of ether oxygens (including phenoxy) is 2. The van der Waals surface area contributed by atoms with Gasteiger partial charge >= 0.3 is 6.16 Å². The molecule has 0 rings (SSSR count). The van der Waals surface area contributed by atoms with Crippen molar-refractivity contribution < 1.29 is 14.3 Å². The highest BCUT2D eigenvalue weighted by atomic mass is 16.7. The topological polar surface area (TPSA) is 35.5 Å². The van der Waals surface area contributed by atoms with Gasteiger partial charge in [0.15, 0.2) is 0 Å². The molecule has 0 aliphatic carbocycles. The third-order valence-electron chi connectivity index (χ3n) is 6.59. The van der Waals surface area contributed by atoms with Crippen molar-refractivity contribution >= 4 is 6.16 Å². The summed E-state index contributed by atoms with van der Waals surface area (Å²) >= 11 is 0. The summed E-state index contributed by atoms with van der Waals surface area (Å²) in [6, 6.07) is 0. The van der Waals surface area contributed by atoms with Crippen LogP contribution in [0.2, 0.25) is 0 Å². The molecular weight excluding hydrogens is 420 g/mol. The van der Waals surface area contributed by atoms with Crippen LogP contribution in [0.1, 0.15) is 168 Å². The summed E-state index contributed by atoms with van der Waals surface area (Å²) in [5.41, 5.74) is 0. The lowest BCUT2D eigenvalue weighted by molar-refractivity contribution is 0.0529. The smallest absolute Gasteiger partial charge is 0.434 e. The molecule has 202 valence electrons. The summed E-state index contributed by atoms with van der Waals surface area (Å²) in [6.07, 6.45) is 35.1. The summed E-state index contributed by atoms with van der Waals surface area (Å²) in [7, 11) is 0. The number of carbonyl (C=O) groups is 1. The molecule has 0 aromatic carbocycles. The van der Waals surface area contributed by atoms with Crippen molar-refractivity contribution in [3.05, 3.63) is 12.2 Å². The first-order valence-corrected chi connectivity index (χ1v) is 15.3. The van der Waals surface area contributed by atoms with Crippen molar-refractivity contribution in [2.24, 2.45) is 0 Å². The van der Waals surface area contributed by atoms with Gasteiger partial charge in [-0.25, -0.2) is 4.79 Å². The molecular formula is C31H60O3. The van der Waals surface area contributed by atoms with E-state index < -0.39 is 6.16 Å². The van der Waals surface area contributed by atoms with Crippen molar-refractivity contribution in [1.82, 2.24) is 0 Å². The second-order valence-electron chi connectivity index (χ2n) is 10.1. The molecule has 0 bridgehead atoms. The van der Waals surface area contributed by atoms with Gasteiger partial charge in [-0.3, -0.25) is 0 Å². The Morgan fingerprint density at radius 3 is 1.18 bits per heavy atom. The van der Waals surface area contributed by atoms with Crippen LogP contribution in [0.5, 0.6) is 0 Å². The fourth-order valence-electron chi connectivity index (χ4n) is 4.28. The van der Waals surface area contributed by atoms with Gasteiger partial charge in [0.2, 0.25) is 0 Å². The zero-order valence-corrected chi connectivity index (χ0v) is 23.3. The van der Waals surface area contributed by atoms with E-state index in [9.17, 15) is 4.79 Å². The van der Waals surface area contributed by atoms with E-state index in [0.29, 0.717) is 13.2 Å². The minimum Gasteiger partial charge on any atom is -0.434 e. The number of unbranched alkanes of at least 4 members (excludes halogenated alkanes) is 21. The monoisotopic (exact) mass is 480 g/mol. The first-order chi connectivity index (χ1) is 16.8. The Morgan fingerprint density at radius 2 is 0.765 bits per heavy atom. The van der Waals surface area contributed by atoms with Crippen LogP contribution in [-0.2, 0) is 9.47 Å². The third kappa shape index (κ3) is 29.0. The Bertz CT molecular complexity index is 419. The minimum absolute atomic E-state index is 0.482. The van der Waals surface area contributed by atoms with E-state index in [4.69, 9.17) is 9.47 Å².